The molecule has 1 amide bonds. The van der Waals surface area contributed by atoms with Gasteiger partial charge in [0.15, 0.2) is 0 Å². The zero-order valence-corrected chi connectivity index (χ0v) is 14.9. The Morgan fingerprint density at radius 3 is 2.72 bits per heavy atom. The third kappa shape index (κ3) is 2.61. The molecule has 1 aliphatic rings. The van der Waals surface area contributed by atoms with E-state index in [0.717, 1.165) is 35.6 Å². The molecule has 5 heteroatoms. The van der Waals surface area contributed by atoms with Gasteiger partial charge in [0.05, 0.1) is 17.3 Å². The summed E-state index contributed by atoms with van der Waals surface area (Å²) in [4.78, 5) is 17.5. The average Bonchev–Trinajstić information content (AvgIpc) is 2.96. The number of likely N-dealkylation sites (N-methyl/N-ethyl adjacent to an activating group) is 1. The van der Waals surface area contributed by atoms with Crippen LogP contribution in [0.3, 0.4) is 0 Å². The largest absolute Gasteiger partial charge is 0.307 e. The van der Waals surface area contributed by atoms with Crippen LogP contribution in [0.4, 0.5) is 5.69 Å². The lowest BCUT2D eigenvalue weighted by molar-refractivity contribution is 0.0987. The number of fused-ring (bicyclic) bond motifs is 2. The topological polar surface area (TPSA) is 40.9 Å². The first-order valence-electron chi connectivity index (χ1n) is 8.58. The third-order valence-corrected chi connectivity index (χ3v) is 5.09. The van der Waals surface area contributed by atoms with E-state index in [0.29, 0.717) is 12.1 Å². The number of rotatable bonds is 1. The zero-order valence-electron chi connectivity index (χ0n) is 14.9. The van der Waals surface area contributed by atoms with Crippen LogP contribution in [0.5, 0.6) is 0 Å². The van der Waals surface area contributed by atoms with Crippen LogP contribution >= 0.6 is 0 Å². The Morgan fingerprint density at radius 2 is 1.88 bits per heavy atom. The van der Waals surface area contributed by atoms with Crippen molar-refractivity contribution >= 4 is 17.1 Å². The molecule has 0 fully saturated rings. The zero-order chi connectivity index (χ0) is 17.6. The van der Waals surface area contributed by atoms with Gasteiger partial charge in [-0.15, -0.1) is 0 Å². The van der Waals surface area contributed by atoms with Crippen LogP contribution in [-0.2, 0) is 6.54 Å². The summed E-state index contributed by atoms with van der Waals surface area (Å²) in [5.74, 6) is 0.0148. The molecular weight excluding hydrogens is 312 g/mol. The van der Waals surface area contributed by atoms with E-state index in [1.54, 1.807) is 6.20 Å². The highest BCUT2D eigenvalue weighted by molar-refractivity contribution is 6.10. The summed E-state index contributed by atoms with van der Waals surface area (Å²) < 4.78 is 1.86. The number of para-hydroxylation sites is 1. The van der Waals surface area contributed by atoms with Crippen molar-refractivity contribution in [2.75, 3.05) is 25.0 Å². The minimum Gasteiger partial charge on any atom is -0.307 e. The minimum absolute atomic E-state index is 0.0148. The Hall–Kier alpha value is -2.66. The molecule has 3 aromatic rings. The Morgan fingerprint density at radius 1 is 1.08 bits per heavy atom. The normalized spacial score (nSPS) is 15.2. The van der Waals surface area contributed by atoms with Crippen molar-refractivity contribution in [2.24, 2.45) is 0 Å². The Labute approximate surface area is 147 Å². The molecule has 0 saturated heterocycles. The lowest BCUT2D eigenvalue weighted by Crippen LogP contribution is -2.35. The average molecular weight is 334 g/mol. The van der Waals surface area contributed by atoms with Crippen LogP contribution in [0.1, 0.15) is 27.2 Å². The molecule has 25 heavy (non-hydrogen) atoms. The highest BCUT2D eigenvalue weighted by Gasteiger charge is 2.26. The second-order valence-corrected chi connectivity index (χ2v) is 6.78. The molecular formula is C20H22N4O. The summed E-state index contributed by atoms with van der Waals surface area (Å²) >= 11 is 0. The lowest BCUT2D eigenvalue weighted by Gasteiger charge is -2.22. The van der Waals surface area contributed by atoms with Gasteiger partial charge < -0.3 is 9.80 Å². The van der Waals surface area contributed by atoms with Crippen LogP contribution in [0.15, 0.2) is 42.6 Å². The van der Waals surface area contributed by atoms with Crippen molar-refractivity contribution in [2.45, 2.75) is 20.4 Å². The van der Waals surface area contributed by atoms with Gasteiger partial charge in [-0.25, -0.2) is 4.52 Å². The van der Waals surface area contributed by atoms with Gasteiger partial charge in [-0.3, -0.25) is 4.79 Å². The molecule has 0 spiro atoms. The second kappa shape index (κ2) is 6.01. The Bertz CT molecular complexity index is 959. The summed E-state index contributed by atoms with van der Waals surface area (Å²) in [7, 11) is 2.09. The maximum atomic E-state index is 13.3. The van der Waals surface area contributed by atoms with Crippen LogP contribution in [0.2, 0.25) is 0 Å². The predicted molar refractivity (Wildman–Crippen MR) is 99.1 cm³/mol. The molecule has 1 aliphatic heterocycles. The highest BCUT2D eigenvalue weighted by atomic mass is 16.2. The maximum Gasteiger partial charge on any atom is 0.262 e. The number of amides is 1. The smallest absolute Gasteiger partial charge is 0.262 e. The van der Waals surface area contributed by atoms with Gasteiger partial charge in [-0.1, -0.05) is 24.3 Å². The van der Waals surface area contributed by atoms with E-state index < -0.39 is 0 Å². The van der Waals surface area contributed by atoms with Crippen LogP contribution < -0.4 is 4.90 Å². The van der Waals surface area contributed by atoms with Crippen molar-refractivity contribution < 1.29 is 4.79 Å². The standard InChI is InChI=1S/C20H22N4O/c1-14-8-9-19-17(12-21-24(19)15(14)2)20(25)23-11-10-22(3)13-16-6-4-5-7-18(16)23/h4-9,12H,10-11,13H2,1-3H3. The van der Waals surface area contributed by atoms with Crippen molar-refractivity contribution in [3.05, 3.63) is 65.0 Å². The predicted octanol–water partition coefficient (Wildman–Crippen LogP) is 3.04. The van der Waals surface area contributed by atoms with E-state index in [4.69, 9.17) is 0 Å². The number of nitrogens with zero attached hydrogens (tertiary/aromatic N) is 4. The third-order valence-electron chi connectivity index (χ3n) is 5.09. The fourth-order valence-electron chi connectivity index (χ4n) is 3.47. The molecule has 1 aromatic carbocycles. The molecule has 2 aromatic heterocycles. The van der Waals surface area contributed by atoms with Gasteiger partial charge in [0, 0.05) is 31.0 Å². The van der Waals surface area contributed by atoms with Crippen molar-refractivity contribution in [1.29, 1.82) is 0 Å². The maximum absolute atomic E-state index is 13.3. The molecule has 0 aliphatic carbocycles. The van der Waals surface area contributed by atoms with Crippen molar-refractivity contribution in [3.8, 4) is 0 Å². The van der Waals surface area contributed by atoms with Crippen LogP contribution in [-0.4, -0.2) is 40.6 Å². The highest BCUT2D eigenvalue weighted by Crippen LogP contribution is 2.27. The molecule has 3 heterocycles. The van der Waals surface area contributed by atoms with E-state index in [1.165, 1.54) is 5.56 Å². The Kier molecular flexibility index (Phi) is 3.81. The number of carbonyl (C=O) groups is 1. The number of benzene rings is 1. The van der Waals surface area contributed by atoms with E-state index in [2.05, 4.69) is 30.0 Å². The first kappa shape index (κ1) is 15.8. The first-order chi connectivity index (χ1) is 12.1. The fourth-order valence-corrected chi connectivity index (χ4v) is 3.47. The number of aryl methyl sites for hydroxylation is 2. The Balaban J connectivity index is 1.80. The molecule has 128 valence electrons. The van der Waals surface area contributed by atoms with Gasteiger partial charge in [-0.05, 0) is 44.2 Å². The van der Waals surface area contributed by atoms with Gasteiger partial charge in [0.2, 0.25) is 0 Å². The van der Waals surface area contributed by atoms with Crippen molar-refractivity contribution in [3.63, 3.8) is 0 Å². The SMILES string of the molecule is Cc1ccc2c(C(=O)N3CCN(C)Cc4ccccc43)cnn2c1C. The summed E-state index contributed by atoms with van der Waals surface area (Å²) in [5.41, 5.74) is 5.92. The van der Waals surface area contributed by atoms with Gasteiger partial charge in [0.1, 0.15) is 0 Å². The molecule has 0 atom stereocenters. The van der Waals surface area contributed by atoms with Crippen LogP contribution in [0.25, 0.3) is 5.52 Å². The molecule has 0 N–H and O–H groups in total. The number of anilines is 1. The quantitative estimate of drug-likeness (QED) is 0.687. The van der Waals surface area contributed by atoms with Gasteiger partial charge in [-0.2, -0.15) is 5.10 Å². The van der Waals surface area contributed by atoms with Crippen molar-refractivity contribution in [1.82, 2.24) is 14.5 Å². The molecule has 0 radical (unpaired) electrons. The summed E-state index contributed by atoms with van der Waals surface area (Å²) in [5, 5.41) is 4.45. The fraction of sp³-hybridized carbons (Fsp3) is 0.300. The van der Waals surface area contributed by atoms with E-state index in [1.807, 2.05) is 46.7 Å². The lowest BCUT2D eigenvalue weighted by atomic mass is 10.1. The van der Waals surface area contributed by atoms with Crippen LogP contribution in [0, 0.1) is 13.8 Å². The summed E-state index contributed by atoms with van der Waals surface area (Å²) in [6.45, 7) is 6.46. The molecule has 5 nitrogen and oxygen atoms in total. The van der Waals surface area contributed by atoms with E-state index in [-0.39, 0.29) is 5.91 Å². The number of carbonyl (C=O) groups excluding carboxylic acids is 1. The van der Waals surface area contributed by atoms with Gasteiger partial charge in [0.25, 0.3) is 5.91 Å². The molecule has 4 rings (SSSR count). The molecule has 0 unspecified atom stereocenters. The minimum atomic E-state index is 0.0148. The van der Waals surface area contributed by atoms with E-state index in [9.17, 15) is 4.79 Å². The number of hydrogen-bond donors (Lipinski definition) is 0. The molecule has 0 bridgehead atoms. The van der Waals surface area contributed by atoms with Gasteiger partial charge >= 0.3 is 0 Å². The number of hydrogen-bond acceptors (Lipinski definition) is 3. The monoisotopic (exact) mass is 334 g/mol. The van der Waals surface area contributed by atoms with E-state index >= 15 is 0 Å². The summed E-state index contributed by atoms with van der Waals surface area (Å²) in [6, 6.07) is 12.2. The molecule has 0 saturated carbocycles. The first-order valence-corrected chi connectivity index (χ1v) is 8.58. The second-order valence-electron chi connectivity index (χ2n) is 6.78. The number of aromatic nitrogens is 2. The summed E-state index contributed by atoms with van der Waals surface area (Å²) in [6.07, 6.45) is 1.70. The number of pyridine rings is 1.